The number of hydrogen-bond acceptors (Lipinski definition) is 6. The van der Waals surface area contributed by atoms with Gasteiger partial charge in [0.25, 0.3) is 0 Å². The largest absolute Gasteiger partial charge is 0.480 e. The van der Waals surface area contributed by atoms with Crippen molar-refractivity contribution in [3.05, 3.63) is 18.2 Å². The first kappa shape index (κ1) is 19.5. The van der Waals surface area contributed by atoms with Crippen LogP contribution in [0.25, 0.3) is 0 Å². The molecule has 0 spiro atoms. The van der Waals surface area contributed by atoms with Gasteiger partial charge in [0.2, 0.25) is 17.7 Å². The van der Waals surface area contributed by atoms with Crippen molar-refractivity contribution in [2.75, 3.05) is 12.3 Å². The van der Waals surface area contributed by atoms with Crippen LogP contribution in [0.3, 0.4) is 0 Å². The van der Waals surface area contributed by atoms with Crippen LogP contribution in [0.2, 0.25) is 0 Å². The van der Waals surface area contributed by atoms with Crippen LogP contribution in [0.15, 0.2) is 12.5 Å². The molecule has 10 nitrogen and oxygen atoms in total. The topological polar surface area (TPSA) is 153 Å². The van der Waals surface area contributed by atoms with Crippen molar-refractivity contribution in [3.63, 3.8) is 0 Å². The van der Waals surface area contributed by atoms with E-state index >= 15 is 0 Å². The van der Waals surface area contributed by atoms with Crippen LogP contribution >= 0.6 is 12.6 Å². The van der Waals surface area contributed by atoms with Gasteiger partial charge in [-0.05, 0) is 0 Å². The summed E-state index contributed by atoms with van der Waals surface area (Å²) in [7, 11) is 0. The van der Waals surface area contributed by atoms with Crippen LogP contribution in [0.1, 0.15) is 12.6 Å². The minimum absolute atomic E-state index is 0.0406. The number of carboxylic acid groups (broad SMARTS) is 1. The average molecular weight is 357 g/mol. The van der Waals surface area contributed by atoms with Crippen LogP contribution in [0, 0.1) is 0 Å². The number of aliphatic carboxylic acids is 1. The number of nitrogens with one attached hydrogen (secondary N) is 4. The summed E-state index contributed by atoms with van der Waals surface area (Å²) < 4.78 is 0. The van der Waals surface area contributed by atoms with Crippen molar-refractivity contribution in [2.24, 2.45) is 0 Å². The van der Waals surface area contributed by atoms with Crippen LogP contribution in [0.5, 0.6) is 0 Å². The number of carbonyl (C=O) groups is 4. The molecule has 3 amide bonds. The van der Waals surface area contributed by atoms with Gasteiger partial charge in [-0.1, -0.05) is 0 Å². The molecule has 1 aromatic heterocycles. The standard InChI is InChI=1S/C13H19N5O5S/c1-7(19)17-10(5-24)13(23)18-9(2-8-3-14-6-16-8)12(22)15-4-11(20)21/h3,6,9-10,24H,2,4-5H2,1H3,(H,14,16)(H,15,22)(H,17,19)(H,18,23)(H,20,21)/t9-,10-/m0/s1. The summed E-state index contributed by atoms with van der Waals surface area (Å²) in [6.45, 7) is 0.682. The van der Waals surface area contributed by atoms with Gasteiger partial charge in [0.15, 0.2) is 0 Å². The molecule has 0 aromatic carbocycles. The maximum atomic E-state index is 12.2. The lowest BCUT2D eigenvalue weighted by Gasteiger charge is -2.21. The van der Waals surface area contributed by atoms with E-state index in [0.29, 0.717) is 5.69 Å². The number of aromatic amines is 1. The van der Waals surface area contributed by atoms with Gasteiger partial charge < -0.3 is 26.0 Å². The summed E-state index contributed by atoms with van der Waals surface area (Å²) in [4.78, 5) is 52.6. The van der Waals surface area contributed by atoms with E-state index in [2.05, 4.69) is 38.5 Å². The summed E-state index contributed by atoms with van der Waals surface area (Å²) in [5.74, 6) is -2.85. The molecule has 0 bridgehead atoms. The van der Waals surface area contributed by atoms with E-state index in [1.165, 1.54) is 19.4 Å². The van der Waals surface area contributed by atoms with E-state index in [1.54, 1.807) is 0 Å². The fourth-order valence-corrected chi connectivity index (χ4v) is 2.08. The number of thiol groups is 1. The number of aromatic nitrogens is 2. The monoisotopic (exact) mass is 357 g/mol. The van der Waals surface area contributed by atoms with Gasteiger partial charge in [-0.25, -0.2) is 4.98 Å². The van der Waals surface area contributed by atoms with E-state index in [4.69, 9.17) is 5.11 Å². The second kappa shape index (κ2) is 9.55. The van der Waals surface area contributed by atoms with Crippen LogP contribution in [0.4, 0.5) is 0 Å². The van der Waals surface area contributed by atoms with Crippen LogP contribution in [-0.4, -0.2) is 63.1 Å². The van der Waals surface area contributed by atoms with E-state index in [0.717, 1.165) is 0 Å². The third kappa shape index (κ3) is 6.69. The first-order valence-electron chi connectivity index (χ1n) is 6.98. The van der Waals surface area contributed by atoms with Crippen molar-refractivity contribution in [1.29, 1.82) is 0 Å². The molecule has 0 radical (unpaired) electrons. The second-order valence-corrected chi connectivity index (χ2v) is 5.25. The second-order valence-electron chi connectivity index (χ2n) is 4.89. The molecular formula is C13H19N5O5S. The van der Waals surface area contributed by atoms with E-state index in [9.17, 15) is 19.2 Å². The summed E-state index contributed by atoms with van der Waals surface area (Å²) >= 11 is 3.99. The molecule has 5 N–H and O–H groups in total. The predicted octanol–water partition coefficient (Wildman–Crippen LogP) is -1.93. The number of hydrogen-bond donors (Lipinski definition) is 6. The molecular weight excluding hydrogens is 338 g/mol. The Balaban J connectivity index is 2.79. The predicted molar refractivity (Wildman–Crippen MR) is 86.3 cm³/mol. The fraction of sp³-hybridized carbons (Fsp3) is 0.462. The molecule has 1 aromatic rings. The maximum absolute atomic E-state index is 12.2. The number of rotatable bonds is 9. The zero-order chi connectivity index (χ0) is 18.1. The third-order valence-corrected chi connectivity index (χ3v) is 3.27. The quantitative estimate of drug-likeness (QED) is 0.283. The Morgan fingerprint density at radius 3 is 2.46 bits per heavy atom. The van der Waals surface area contributed by atoms with Crippen molar-refractivity contribution >= 4 is 36.3 Å². The summed E-state index contributed by atoms with van der Waals surface area (Å²) in [5.41, 5.74) is 0.577. The summed E-state index contributed by atoms with van der Waals surface area (Å²) in [6.07, 6.45) is 2.97. The first-order chi connectivity index (χ1) is 11.3. The molecule has 0 unspecified atom stereocenters. The molecule has 0 saturated carbocycles. The summed E-state index contributed by atoms with van der Waals surface area (Å²) in [6, 6.07) is -1.95. The molecule has 1 heterocycles. The highest BCUT2D eigenvalue weighted by atomic mass is 32.1. The highest BCUT2D eigenvalue weighted by molar-refractivity contribution is 7.80. The Labute approximate surface area is 143 Å². The zero-order valence-corrected chi connectivity index (χ0v) is 13.8. The van der Waals surface area contributed by atoms with E-state index < -0.39 is 42.3 Å². The van der Waals surface area contributed by atoms with Gasteiger partial charge in [-0.2, -0.15) is 12.6 Å². The van der Waals surface area contributed by atoms with Crippen molar-refractivity contribution < 1.29 is 24.3 Å². The van der Waals surface area contributed by atoms with E-state index in [1.807, 2.05) is 0 Å². The smallest absolute Gasteiger partial charge is 0.322 e. The normalized spacial score (nSPS) is 12.8. The summed E-state index contributed by atoms with van der Waals surface area (Å²) in [5, 5.41) is 15.7. The molecule has 0 aliphatic heterocycles. The Morgan fingerprint density at radius 1 is 1.25 bits per heavy atom. The molecule has 24 heavy (non-hydrogen) atoms. The Hall–Kier alpha value is -2.56. The fourth-order valence-electron chi connectivity index (χ4n) is 1.82. The number of nitrogens with zero attached hydrogens (tertiary/aromatic N) is 1. The van der Waals surface area contributed by atoms with Crippen LogP contribution in [-0.2, 0) is 25.6 Å². The molecule has 0 aliphatic rings. The van der Waals surface area contributed by atoms with Crippen molar-refractivity contribution in [3.8, 4) is 0 Å². The highest BCUT2D eigenvalue weighted by Gasteiger charge is 2.26. The van der Waals surface area contributed by atoms with Gasteiger partial charge in [-0.3, -0.25) is 19.2 Å². The van der Waals surface area contributed by atoms with Gasteiger partial charge in [0, 0.05) is 31.0 Å². The lowest BCUT2D eigenvalue weighted by Crippen LogP contribution is -2.55. The number of carbonyl (C=O) groups excluding carboxylic acids is 3. The SMILES string of the molecule is CC(=O)N[C@@H](CS)C(=O)N[C@@H](Cc1cnc[nH]1)C(=O)NCC(=O)O. The van der Waals surface area contributed by atoms with Gasteiger partial charge in [0.1, 0.15) is 18.6 Å². The van der Waals surface area contributed by atoms with Gasteiger partial charge in [-0.15, -0.1) is 0 Å². The molecule has 2 atom stereocenters. The van der Waals surface area contributed by atoms with Crippen molar-refractivity contribution in [2.45, 2.75) is 25.4 Å². The zero-order valence-electron chi connectivity index (χ0n) is 12.9. The third-order valence-electron chi connectivity index (χ3n) is 2.90. The molecule has 0 fully saturated rings. The Morgan fingerprint density at radius 2 is 1.96 bits per heavy atom. The molecule has 132 valence electrons. The minimum Gasteiger partial charge on any atom is -0.480 e. The minimum atomic E-state index is -1.21. The average Bonchev–Trinajstić information content (AvgIpc) is 3.02. The number of carboxylic acids is 1. The van der Waals surface area contributed by atoms with Crippen molar-refractivity contribution in [1.82, 2.24) is 25.9 Å². The Bertz CT molecular complexity index is 592. The first-order valence-corrected chi connectivity index (χ1v) is 7.61. The molecule has 11 heteroatoms. The van der Waals surface area contributed by atoms with Gasteiger partial charge >= 0.3 is 5.97 Å². The molecule has 0 aliphatic carbocycles. The maximum Gasteiger partial charge on any atom is 0.322 e. The molecule has 0 saturated heterocycles. The Kier molecular flexibility index (Phi) is 7.75. The number of H-pyrrole nitrogens is 1. The lowest BCUT2D eigenvalue weighted by molar-refractivity contribution is -0.138. The molecule has 1 rings (SSSR count). The number of imidazole rings is 1. The van der Waals surface area contributed by atoms with Crippen LogP contribution < -0.4 is 16.0 Å². The van der Waals surface area contributed by atoms with Gasteiger partial charge in [0.05, 0.1) is 6.33 Å². The number of amides is 3. The van der Waals surface area contributed by atoms with E-state index in [-0.39, 0.29) is 12.2 Å². The highest BCUT2D eigenvalue weighted by Crippen LogP contribution is 2.00. The lowest BCUT2D eigenvalue weighted by atomic mass is 10.1.